The lowest BCUT2D eigenvalue weighted by Crippen LogP contribution is -1.90. The molecule has 0 amide bonds. The molecule has 0 N–H and O–H groups in total. The SMILES string of the molecule is COc1ccc(-c2nc(Cl)c3cc(C)ccn23)cc1. The number of methoxy groups -OCH3 is 1. The molecule has 0 unspecified atom stereocenters. The van der Waals surface area contributed by atoms with E-state index >= 15 is 0 Å². The van der Waals surface area contributed by atoms with Crippen LogP contribution in [0.3, 0.4) is 0 Å². The Morgan fingerprint density at radius 1 is 1.16 bits per heavy atom. The molecule has 0 atom stereocenters. The summed E-state index contributed by atoms with van der Waals surface area (Å²) >= 11 is 6.20. The second kappa shape index (κ2) is 4.59. The second-order valence-electron chi connectivity index (χ2n) is 4.41. The van der Waals surface area contributed by atoms with Gasteiger partial charge in [-0.3, -0.25) is 4.40 Å². The van der Waals surface area contributed by atoms with Gasteiger partial charge in [0, 0.05) is 11.8 Å². The summed E-state index contributed by atoms with van der Waals surface area (Å²) < 4.78 is 7.16. The van der Waals surface area contributed by atoms with Crippen LogP contribution in [0.2, 0.25) is 5.15 Å². The molecule has 0 aliphatic heterocycles. The van der Waals surface area contributed by atoms with Gasteiger partial charge in [0.15, 0.2) is 5.15 Å². The van der Waals surface area contributed by atoms with Crippen LogP contribution in [-0.2, 0) is 0 Å². The van der Waals surface area contributed by atoms with Crippen LogP contribution in [0.15, 0.2) is 42.6 Å². The molecule has 0 saturated heterocycles. The monoisotopic (exact) mass is 272 g/mol. The summed E-state index contributed by atoms with van der Waals surface area (Å²) in [5.74, 6) is 1.66. The highest BCUT2D eigenvalue weighted by Gasteiger charge is 2.11. The maximum atomic E-state index is 6.20. The molecule has 3 nitrogen and oxygen atoms in total. The van der Waals surface area contributed by atoms with E-state index in [0.29, 0.717) is 5.15 Å². The Balaban J connectivity index is 2.19. The highest BCUT2D eigenvalue weighted by molar-refractivity contribution is 6.32. The highest BCUT2D eigenvalue weighted by Crippen LogP contribution is 2.27. The lowest BCUT2D eigenvalue weighted by molar-refractivity contribution is 0.415. The van der Waals surface area contributed by atoms with Crippen LogP contribution in [0, 0.1) is 6.92 Å². The van der Waals surface area contributed by atoms with Gasteiger partial charge in [0.1, 0.15) is 11.6 Å². The summed E-state index contributed by atoms with van der Waals surface area (Å²) in [6, 6.07) is 11.9. The van der Waals surface area contributed by atoms with Gasteiger partial charge in [0.2, 0.25) is 0 Å². The van der Waals surface area contributed by atoms with Crippen LogP contribution in [0.1, 0.15) is 5.56 Å². The fraction of sp³-hybridized carbons (Fsp3) is 0.133. The third kappa shape index (κ3) is 2.06. The molecule has 3 aromatic rings. The fourth-order valence-electron chi connectivity index (χ4n) is 2.10. The molecule has 96 valence electrons. The van der Waals surface area contributed by atoms with E-state index in [9.17, 15) is 0 Å². The van der Waals surface area contributed by atoms with Crippen molar-refractivity contribution in [1.82, 2.24) is 9.38 Å². The average molecular weight is 273 g/mol. The Labute approximate surface area is 116 Å². The largest absolute Gasteiger partial charge is 0.497 e. The van der Waals surface area contributed by atoms with Gasteiger partial charge in [-0.1, -0.05) is 11.6 Å². The first kappa shape index (κ1) is 12.1. The first-order valence-electron chi connectivity index (χ1n) is 5.97. The maximum absolute atomic E-state index is 6.20. The molecule has 0 bridgehead atoms. The summed E-state index contributed by atoms with van der Waals surface area (Å²) in [7, 11) is 1.65. The van der Waals surface area contributed by atoms with Gasteiger partial charge in [-0.05, 0) is 48.9 Å². The Kier molecular flexibility index (Phi) is 2.91. The molecular formula is C15H13ClN2O. The smallest absolute Gasteiger partial charge is 0.155 e. The first-order chi connectivity index (χ1) is 9.19. The van der Waals surface area contributed by atoms with Crippen molar-refractivity contribution in [3.8, 4) is 17.1 Å². The van der Waals surface area contributed by atoms with Gasteiger partial charge in [-0.2, -0.15) is 0 Å². The number of hydrogen-bond donors (Lipinski definition) is 0. The van der Waals surface area contributed by atoms with E-state index in [1.54, 1.807) is 7.11 Å². The maximum Gasteiger partial charge on any atom is 0.155 e. The van der Waals surface area contributed by atoms with Crippen molar-refractivity contribution in [2.24, 2.45) is 0 Å². The summed E-state index contributed by atoms with van der Waals surface area (Å²) in [6.07, 6.45) is 1.99. The number of hydrogen-bond acceptors (Lipinski definition) is 2. The van der Waals surface area contributed by atoms with Crippen molar-refractivity contribution in [3.63, 3.8) is 0 Å². The number of ether oxygens (including phenoxy) is 1. The fourth-order valence-corrected chi connectivity index (χ4v) is 2.32. The van der Waals surface area contributed by atoms with Crippen LogP contribution < -0.4 is 4.74 Å². The second-order valence-corrected chi connectivity index (χ2v) is 4.77. The molecule has 1 aromatic carbocycles. The normalized spacial score (nSPS) is 10.9. The van der Waals surface area contributed by atoms with Crippen LogP contribution >= 0.6 is 11.6 Å². The zero-order valence-electron chi connectivity index (χ0n) is 10.7. The van der Waals surface area contributed by atoms with Crippen LogP contribution in [0.4, 0.5) is 0 Å². The van der Waals surface area contributed by atoms with Crippen molar-refractivity contribution in [1.29, 1.82) is 0 Å². The molecule has 0 radical (unpaired) electrons. The molecule has 2 heterocycles. The molecule has 0 spiro atoms. The average Bonchev–Trinajstić information content (AvgIpc) is 2.76. The molecule has 0 aliphatic carbocycles. The number of imidazole rings is 1. The number of nitrogens with zero attached hydrogens (tertiary/aromatic N) is 2. The van der Waals surface area contributed by atoms with Crippen molar-refractivity contribution in [3.05, 3.63) is 53.3 Å². The summed E-state index contributed by atoms with van der Waals surface area (Å²) in [6.45, 7) is 2.04. The van der Waals surface area contributed by atoms with Crippen LogP contribution in [0.5, 0.6) is 5.75 Å². The molecule has 4 heteroatoms. The first-order valence-corrected chi connectivity index (χ1v) is 6.35. The molecule has 19 heavy (non-hydrogen) atoms. The van der Waals surface area contributed by atoms with Crippen LogP contribution in [0.25, 0.3) is 16.9 Å². The van der Waals surface area contributed by atoms with Crippen molar-refractivity contribution in [2.45, 2.75) is 6.92 Å². The number of fused-ring (bicyclic) bond motifs is 1. The minimum absolute atomic E-state index is 0.523. The van der Waals surface area contributed by atoms with Crippen LogP contribution in [-0.4, -0.2) is 16.5 Å². The van der Waals surface area contributed by atoms with Gasteiger partial charge in [-0.15, -0.1) is 0 Å². The van der Waals surface area contributed by atoms with E-state index in [1.165, 1.54) is 0 Å². The van der Waals surface area contributed by atoms with Crippen molar-refractivity contribution in [2.75, 3.05) is 7.11 Å². The van der Waals surface area contributed by atoms with E-state index < -0.39 is 0 Å². The molecule has 2 aromatic heterocycles. The Morgan fingerprint density at radius 2 is 1.89 bits per heavy atom. The standard InChI is InChI=1S/C15H13ClN2O/c1-10-7-8-18-13(9-10)14(16)17-15(18)11-3-5-12(19-2)6-4-11/h3-9H,1-2H3. The number of pyridine rings is 1. The Bertz CT molecular complexity index is 732. The van der Waals surface area contributed by atoms with Gasteiger partial charge in [0.05, 0.1) is 12.6 Å². The van der Waals surface area contributed by atoms with E-state index in [0.717, 1.165) is 28.2 Å². The van der Waals surface area contributed by atoms with Crippen molar-refractivity contribution < 1.29 is 4.74 Å². The minimum Gasteiger partial charge on any atom is -0.497 e. The summed E-state index contributed by atoms with van der Waals surface area (Å²) in [4.78, 5) is 4.44. The molecule has 0 fully saturated rings. The summed E-state index contributed by atoms with van der Waals surface area (Å²) in [5, 5.41) is 0.523. The van der Waals surface area contributed by atoms with E-state index in [4.69, 9.17) is 16.3 Å². The molecule has 0 saturated carbocycles. The number of aromatic nitrogens is 2. The molecule has 0 aliphatic rings. The van der Waals surface area contributed by atoms with E-state index in [-0.39, 0.29) is 0 Å². The lowest BCUT2D eigenvalue weighted by atomic mass is 10.2. The van der Waals surface area contributed by atoms with Gasteiger partial charge in [0.25, 0.3) is 0 Å². The highest BCUT2D eigenvalue weighted by atomic mass is 35.5. The molecular weight excluding hydrogens is 260 g/mol. The third-order valence-corrected chi connectivity index (χ3v) is 3.38. The van der Waals surface area contributed by atoms with Gasteiger partial charge >= 0.3 is 0 Å². The Hall–Kier alpha value is -2.00. The number of benzene rings is 1. The lowest BCUT2D eigenvalue weighted by Gasteiger charge is -2.03. The summed E-state index contributed by atoms with van der Waals surface area (Å²) in [5.41, 5.74) is 3.09. The van der Waals surface area contributed by atoms with Crippen molar-refractivity contribution >= 4 is 17.1 Å². The predicted molar refractivity (Wildman–Crippen MR) is 76.9 cm³/mol. The third-order valence-electron chi connectivity index (χ3n) is 3.10. The zero-order chi connectivity index (χ0) is 13.4. The van der Waals surface area contributed by atoms with Gasteiger partial charge < -0.3 is 4.74 Å². The predicted octanol–water partition coefficient (Wildman–Crippen LogP) is 3.97. The number of rotatable bonds is 2. The zero-order valence-corrected chi connectivity index (χ0v) is 11.5. The topological polar surface area (TPSA) is 26.5 Å². The Morgan fingerprint density at radius 3 is 2.58 bits per heavy atom. The number of aryl methyl sites for hydroxylation is 1. The van der Waals surface area contributed by atoms with E-state index in [2.05, 4.69) is 4.98 Å². The quantitative estimate of drug-likeness (QED) is 0.706. The van der Waals surface area contributed by atoms with Gasteiger partial charge in [-0.25, -0.2) is 4.98 Å². The van der Waals surface area contributed by atoms with E-state index in [1.807, 2.05) is 53.9 Å². The minimum atomic E-state index is 0.523. The number of halogens is 1. The molecule has 3 rings (SSSR count).